The van der Waals surface area contributed by atoms with Crippen LogP contribution in [0.25, 0.3) is 5.31 Å². The van der Waals surface area contributed by atoms with Gasteiger partial charge in [0.2, 0.25) is 0 Å². The van der Waals surface area contributed by atoms with Gasteiger partial charge in [-0.2, -0.15) is 0 Å². The van der Waals surface area contributed by atoms with Crippen LogP contribution in [0.15, 0.2) is 36.9 Å². The number of anilines is 1. The van der Waals surface area contributed by atoms with Crippen molar-refractivity contribution in [1.82, 2.24) is 9.97 Å². The molecule has 134 valence electrons. The van der Waals surface area contributed by atoms with Gasteiger partial charge in [-0.3, -0.25) is 9.55 Å². The van der Waals surface area contributed by atoms with Crippen molar-refractivity contribution in [3.8, 4) is 5.75 Å². The van der Waals surface area contributed by atoms with Crippen molar-refractivity contribution in [2.45, 2.75) is 33.1 Å². The summed E-state index contributed by atoms with van der Waals surface area (Å²) in [7, 11) is -4.57. The van der Waals surface area contributed by atoms with Gasteiger partial charge in [-0.15, -0.1) is 0 Å². The fourth-order valence-corrected chi connectivity index (χ4v) is 3.05. The lowest BCUT2D eigenvalue weighted by Crippen LogP contribution is -2.12. The zero-order chi connectivity index (χ0) is 18.8. The summed E-state index contributed by atoms with van der Waals surface area (Å²) in [6.45, 7) is 7.46. The molecule has 1 aromatic heterocycles. The van der Waals surface area contributed by atoms with Crippen LogP contribution in [0.5, 0.6) is 5.75 Å². The first-order valence-corrected chi connectivity index (χ1v) is 9.24. The smallest absolute Gasteiger partial charge is 0.358 e. The minimum Gasteiger partial charge on any atom is -0.507 e. The number of aromatic hydroxyl groups is 1. The second-order valence-corrected chi connectivity index (χ2v) is 8.32. The molecule has 4 N–H and O–H groups in total. The van der Waals surface area contributed by atoms with E-state index in [9.17, 15) is 19.5 Å². The summed E-state index contributed by atoms with van der Waals surface area (Å²) in [5.41, 5.74) is 1.11. The third-order valence-corrected chi connectivity index (χ3v) is 4.65. The van der Waals surface area contributed by atoms with Gasteiger partial charge >= 0.3 is 7.60 Å². The molecule has 2 aromatic rings. The number of phenols is 1. The number of nitrogens with zero attached hydrogens (tertiary/aromatic N) is 2. The fraction of sp³-hybridized carbons (Fsp3) is 0.294. The lowest BCUT2D eigenvalue weighted by atomic mass is 9.84. The Morgan fingerprint density at radius 3 is 2.44 bits per heavy atom. The van der Waals surface area contributed by atoms with E-state index in [-0.39, 0.29) is 16.5 Å². The van der Waals surface area contributed by atoms with Crippen molar-refractivity contribution in [1.29, 1.82) is 0 Å². The molecule has 7 nitrogen and oxygen atoms in total. The molecule has 0 spiro atoms. The highest BCUT2D eigenvalue weighted by molar-refractivity contribution is 7.63. The Morgan fingerprint density at radius 1 is 1.24 bits per heavy atom. The molecule has 0 saturated carbocycles. The Kier molecular flexibility index (Phi) is 5.32. The fourth-order valence-electron chi connectivity index (χ4n) is 2.35. The van der Waals surface area contributed by atoms with E-state index in [4.69, 9.17) is 0 Å². The molecular formula is C17H22N3O4P. The van der Waals surface area contributed by atoms with Gasteiger partial charge in [0, 0.05) is 24.2 Å². The summed E-state index contributed by atoms with van der Waals surface area (Å²) in [6, 6.07) is 3.15. The highest BCUT2D eigenvalue weighted by Crippen LogP contribution is 2.52. The number of aryl methyl sites for hydroxylation is 1. The van der Waals surface area contributed by atoms with E-state index < -0.39 is 7.60 Å². The van der Waals surface area contributed by atoms with E-state index in [1.165, 1.54) is 24.8 Å². The molecule has 0 fully saturated rings. The molecule has 0 saturated heterocycles. The molecule has 8 heteroatoms. The van der Waals surface area contributed by atoms with Crippen LogP contribution in [0.1, 0.15) is 37.5 Å². The Hall–Kier alpha value is -2.21. The molecule has 1 heterocycles. The minimum absolute atomic E-state index is 0.128. The topological polar surface area (TPSA) is 116 Å². The highest BCUT2D eigenvalue weighted by Gasteiger charge is 2.27. The van der Waals surface area contributed by atoms with Crippen molar-refractivity contribution in [3.63, 3.8) is 0 Å². The maximum absolute atomic E-state index is 12.0. The van der Waals surface area contributed by atoms with Gasteiger partial charge in [-0.1, -0.05) is 20.8 Å². The molecule has 0 aliphatic rings. The second kappa shape index (κ2) is 6.96. The van der Waals surface area contributed by atoms with E-state index in [2.05, 4.69) is 15.3 Å². The first-order chi connectivity index (χ1) is 11.5. The first kappa shape index (κ1) is 19.1. The number of hydrogen-bond donors (Lipinski definition) is 4. The van der Waals surface area contributed by atoms with E-state index in [0.29, 0.717) is 22.5 Å². The molecule has 25 heavy (non-hydrogen) atoms. The van der Waals surface area contributed by atoms with Gasteiger partial charge in [0.25, 0.3) is 0 Å². The molecule has 2 rings (SSSR count). The van der Waals surface area contributed by atoms with Crippen LogP contribution in [0.3, 0.4) is 0 Å². The molecule has 0 radical (unpaired) electrons. The molecule has 0 bridgehead atoms. The molecule has 1 aromatic carbocycles. The van der Waals surface area contributed by atoms with Crippen molar-refractivity contribution in [2.75, 3.05) is 5.32 Å². The number of aromatic nitrogens is 2. The maximum Gasteiger partial charge on any atom is 0.358 e. The average Bonchev–Trinajstić information content (AvgIpc) is 2.49. The lowest BCUT2D eigenvalue weighted by molar-refractivity contribution is 0.388. The van der Waals surface area contributed by atoms with E-state index in [1.807, 2.05) is 20.8 Å². The largest absolute Gasteiger partial charge is 0.507 e. The van der Waals surface area contributed by atoms with E-state index in [0.717, 1.165) is 0 Å². The van der Waals surface area contributed by atoms with Crippen molar-refractivity contribution < 1.29 is 19.5 Å². The summed E-state index contributed by atoms with van der Waals surface area (Å²) >= 11 is 0. The number of nitrogens with one attached hydrogen (secondary N) is 1. The molecule has 0 aliphatic heterocycles. The normalized spacial score (nSPS) is 13.0. The van der Waals surface area contributed by atoms with Gasteiger partial charge in [0.05, 0.1) is 11.5 Å². The van der Waals surface area contributed by atoms with Crippen molar-refractivity contribution in [2.24, 2.45) is 0 Å². The molecule has 0 unspecified atom stereocenters. The molecule has 0 aliphatic carbocycles. The Morgan fingerprint density at radius 2 is 1.92 bits per heavy atom. The third-order valence-electron chi connectivity index (χ3n) is 3.64. The molecule has 0 atom stereocenters. The monoisotopic (exact) mass is 363 g/mol. The predicted octanol–water partition coefficient (Wildman–Crippen LogP) is 3.38. The summed E-state index contributed by atoms with van der Waals surface area (Å²) in [4.78, 5) is 27.4. The number of benzene rings is 1. The van der Waals surface area contributed by atoms with Crippen molar-refractivity contribution >= 4 is 18.7 Å². The summed E-state index contributed by atoms with van der Waals surface area (Å²) in [5.74, 6) is 0.489. The molecule has 0 amide bonds. The van der Waals surface area contributed by atoms with Crippen LogP contribution in [-0.4, -0.2) is 24.9 Å². The zero-order valence-electron chi connectivity index (χ0n) is 14.6. The van der Waals surface area contributed by atoms with Gasteiger partial charge < -0.3 is 20.2 Å². The van der Waals surface area contributed by atoms with Gasteiger partial charge in [0.15, 0.2) is 0 Å². The van der Waals surface area contributed by atoms with E-state index in [1.54, 1.807) is 19.1 Å². The first-order valence-electron chi connectivity index (χ1n) is 7.63. The Labute approximate surface area is 146 Å². The highest BCUT2D eigenvalue weighted by atomic mass is 31.2. The zero-order valence-corrected chi connectivity index (χ0v) is 15.5. The number of rotatable bonds is 4. The number of hydrogen-bond acceptors (Lipinski definition) is 5. The van der Waals surface area contributed by atoms with Crippen LogP contribution >= 0.6 is 7.60 Å². The third kappa shape index (κ3) is 4.66. The second-order valence-electron chi connectivity index (χ2n) is 6.75. The van der Waals surface area contributed by atoms with Crippen LogP contribution in [0.4, 0.5) is 5.82 Å². The lowest BCUT2D eigenvalue weighted by Gasteiger charge is -2.23. The summed E-state index contributed by atoms with van der Waals surface area (Å²) < 4.78 is 12.0. The van der Waals surface area contributed by atoms with Crippen LogP contribution in [-0.2, 0) is 9.98 Å². The van der Waals surface area contributed by atoms with Gasteiger partial charge in [0.1, 0.15) is 11.6 Å². The Bertz CT molecular complexity index is 839. The van der Waals surface area contributed by atoms with Gasteiger partial charge in [-0.25, -0.2) is 4.98 Å². The minimum atomic E-state index is -4.57. The standard InChI is InChI=1S/C17H22N3O4P/c1-11-7-12(8-13(16(11)21)17(2,3)4)14(25(22,23)24)9-20-15-10-18-5-6-19-15/h5-10,21H,1-4H3,(H,19,20)(H2,22,23,24)/b14-9+. The molecular weight excluding hydrogens is 341 g/mol. The van der Waals surface area contributed by atoms with Gasteiger partial charge in [-0.05, 0) is 35.6 Å². The predicted molar refractivity (Wildman–Crippen MR) is 97.2 cm³/mol. The summed E-state index contributed by atoms with van der Waals surface area (Å²) in [6.07, 6.45) is 5.63. The quantitative estimate of drug-likeness (QED) is 0.616. The number of phenolic OH excluding ortho intramolecular Hbond substituents is 1. The van der Waals surface area contributed by atoms with Crippen LogP contribution in [0.2, 0.25) is 0 Å². The average molecular weight is 363 g/mol. The Balaban J connectivity index is 2.56. The van der Waals surface area contributed by atoms with Crippen LogP contribution in [0, 0.1) is 6.92 Å². The van der Waals surface area contributed by atoms with E-state index >= 15 is 0 Å². The summed E-state index contributed by atoms with van der Waals surface area (Å²) in [5, 5.41) is 12.9. The maximum atomic E-state index is 12.0. The SMILES string of the molecule is Cc1cc(/C(=C\Nc2cnccn2)P(=O)(O)O)cc(C(C)(C)C)c1O. The van der Waals surface area contributed by atoms with Crippen LogP contribution < -0.4 is 5.32 Å². The van der Waals surface area contributed by atoms with Crippen molar-refractivity contribution in [3.05, 3.63) is 53.6 Å².